The predicted octanol–water partition coefficient (Wildman–Crippen LogP) is 0.687. The second-order valence-corrected chi connectivity index (χ2v) is 4.44. The minimum Gasteiger partial charge on any atom is -0.411 e. The van der Waals surface area contributed by atoms with Crippen LogP contribution in [0.15, 0.2) is 28.3 Å². The maximum atomic E-state index is 12.2. The molecule has 1 unspecified atom stereocenters. The highest BCUT2D eigenvalue weighted by Gasteiger charge is 2.26. The van der Waals surface area contributed by atoms with Crippen LogP contribution in [0, 0.1) is 5.92 Å². The average Bonchev–Trinajstić information content (AvgIpc) is 2.37. The summed E-state index contributed by atoms with van der Waals surface area (Å²) in [5, 5.41) is 12.0. The second kappa shape index (κ2) is 5.03. The lowest BCUT2D eigenvalue weighted by Gasteiger charge is -2.31. The SMILES string of the molecule is CC1CN(C(=O)c2cc[nH]c(=O)c2)CC/C1=N\O. The highest BCUT2D eigenvalue weighted by atomic mass is 16.4. The molecule has 1 amide bonds. The van der Waals surface area contributed by atoms with E-state index in [4.69, 9.17) is 5.21 Å². The summed E-state index contributed by atoms with van der Waals surface area (Å²) in [6.07, 6.45) is 2.02. The molecule has 6 nitrogen and oxygen atoms in total. The fourth-order valence-electron chi connectivity index (χ4n) is 2.12. The summed E-state index contributed by atoms with van der Waals surface area (Å²) in [6, 6.07) is 2.88. The number of hydrogen-bond acceptors (Lipinski definition) is 4. The van der Waals surface area contributed by atoms with Gasteiger partial charge in [0, 0.05) is 43.3 Å². The van der Waals surface area contributed by atoms with Gasteiger partial charge in [0.1, 0.15) is 0 Å². The van der Waals surface area contributed by atoms with E-state index in [2.05, 4.69) is 10.1 Å². The number of piperidine rings is 1. The fourth-order valence-corrected chi connectivity index (χ4v) is 2.12. The molecule has 6 heteroatoms. The highest BCUT2D eigenvalue weighted by molar-refractivity contribution is 5.96. The molecule has 1 atom stereocenters. The van der Waals surface area contributed by atoms with Gasteiger partial charge in [0.25, 0.3) is 5.91 Å². The summed E-state index contributed by atoms with van der Waals surface area (Å²) in [7, 11) is 0. The number of oxime groups is 1. The van der Waals surface area contributed by atoms with Gasteiger partial charge >= 0.3 is 0 Å². The van der Waals surface area contributed by atoms with E-state index in [1.807, 2.05) is 6.92 Å². The van der Waals surface area contributed by atoms with Crippen molar-refractivity contribution in [1.29, 1.82) is 0 Å². The number of aromatic amines is 1. The quantitative estimate of drug-likeness (QED) is 0.567. The summed E-state index contributed by atoms with van der Waals surface area (Å²) >= 11 is 0. The van der Waals surface area contributed by atoms with Crippen molar-refractivity contribution in [1.82, 2.24) is 9.88 Å². The standard InChI is InChI=1S/C12H15N3O3/c1-8-7-15(5-3-10(8)14-18)12(17)9-2-4-13-11(16)6-9/h2,4,6,8,18H,3,5,7H2,1H3,(H,13,16)/b14-10+. The van der Waals surface area contributed by atoms with E-state index in [-0.39, 0.29) is 17.4 Å². The van der Waals surface area contributed by atoms with Crippen LogP contribution >= 0.6 is 0 Å². The van der Waals surface area contributed by atoms with Crippen molar-refractivity contribution < 1.29 is 10.0 Å². The predicted molar refractivity (Wildman–Crippen MR) is 66.0 cm³/mol. The van der Waals surface area contributed by atoms with Crippen LogP contribution in [0.25, 0.3) is 0 Å². The zero-order valence-corrected chi connectivity index (χ0v) is 10.1. The third-order valence-electron chi connectivity index (χ3n) is 3.14. The fraction of sp³-hybridized carbons (Fsp3) is 0.417. The van der Waals surface area contributed by atoms with E-state index in [0.717, 1.165) is 0 Å². The third kappa shape index (κ3) is 2.42. The molecular weight excluding hydrogens is 234 g/mol. The van der Waals surface area contributed by atoms with Crippen molar-refractivity contribution in [2.45, 2.75) is 13.3 Å². The summed E-state index contributed by atoms with van der Waals surface area (Å²) in [5.41, 5.74) is 0.809. The smallest absolute Gasteiger partial charge is 0.254 e. The molecular formula is C12H15N3O3. The molecule has 0 spiro atoms. The van der Waals surface area contributed by atoms with Gasteiger partial charge in [-0.1, -0.05) is 12.1 Å². The van der Waals surface area contributed by atoms with Crippen LogP contribution in [0.3, 0.4) is 0 Å². The molecule has 2 N–H and O–H groups in total. The third-order valence-corrected chi connectivity index (χ3v) is 3.14. The number of likely N-dealkylation sites (tertiary alicyclic amines) is 1. The topological polar surface area (TPSA) is 85.8 Å². The van der Waals surface area contributed by atoms with E-state index >= 15 is 0 Å². The van der Waals surface area contributed by atoms with Crippen LogP contribution in [-0.4, -0.2) is 39.8 Å². The maximum absolute atomic E-state index is 12.2. The Labute approximate surface area is 104 Å². The second-order valence-electron chi connectivity index (χ2n) is 4.44. The van der Waals surface area contributed by atoms with Gasteiger partial charge in [-0.25, -0.2) is 0 Å². The van der Waals surface area contributed by atoms with Crippen molar-refractivity contribution in [2.75, 3.05) is 13.1 Å². The van der Waals surface area contributed by atoms with Gasteiger partial charge in [-0.15, -0.1) is 0 Å². The number of hydrogen-bond donors (Lipinski definition) is 2. The first-order valence-electron chi connectivity index (χ1n) is 5.80. The molecule has 2 rings (SSSR count). The molecule has 1 aromatic rings. The molecule has 1 aliphatic heterocycles. The van der Waals surface area contributed by atoms with E-state index in [1.165, 1.54) is 12.3 Å². The Kier molecular flexibility index (Phi) is 3.45. The Morgan fingerprint density at radius 3 is 3.00 bits per heavy atom. The molecule has 1 saturated heterocycles. The molecule has 0 radical (unpaired) electrons. The molecule has 0 aliphatic carbocycles. The molecule has 1 aromatic heterocycles. The first kappa shape index (κ1) is 12.3. The van der Waals surface area contributed by atoms with Gasteiger partial charge in [0.2, 0.25) is 5.56 Å². The Morgan fingerprint density at radius 2 is 2.39 bits per heavy atom. The lowest BCUT2D eigenvalue weighted by Crippen LogP contribution is -2.43. The van der Waals surface area contributed by atoms with Crippen LogP contribution in [-0.2, 0) is 0 Å². The first-order chi connectivity index (χ1) is 8.61. The average molecular weight is 249 g/mol. The molecule has 1 aliphatic rings. The molecule has 0 bridgehead atoms. The molecule has 18 heavy (non-hydrogen) atoms. The minimum absolute atomic E-state index is 0.0368. The number of carbonyl (C=O) groups is 1. The summed E-state index contributed by atoms with van der Waals surface area (Å²) in [4.78, 5) is 27.5. The molecule has 2 heterocycles. The van der Waals surface area contributed by atoms with Gasteiger partial charge < -0.3 is 15.1 Å². The van der Waals surface area contributed by atoms with Gasteiger partial charge in [-0.2, -0.15) is 0 Å². The molecule has 1 fully saturated rings. The Morgan fingerprint density at radius 1 is 1.61 bits per heavy atom. The van der Waals surface area contributed by atoms with Gasteiger partial charge in [0.15, 0.2) is 0 Å². The summed E-state index contributed by atoms with van der Waals surface area (Å²) < 4.78 is 0. The van der Waals surface area contributed by atoms with E-state index in [9.17, 15) is 9.59 Å². The normalized spacial score (nSPS) is 22.2. The molecule has 0 aromatic carbocycles. The Balaban J connectivity index is 2.14. The van der Waals surface area contributed by atoms with Crippen molar-refractivity contribution >= 4 is 11.6 Å². The van der Waals surface area contributed by atoms with Crippen molar-refractivity contribution in [2.24, 2.45) is 11.1 Å². The van der Waals surface area contributed by atoms with Crippen molar-refractivity contribution in [3.63, 3.8) is 0 Å². The summed E-state index contributed by atoms with van der Waals surface area (Å²) in [5.74, 6) is -0.125. The highest BCUT2D eigenvalue weighted by Crippen LogP contribution is 2.15. The number of nitrogens with one attached hydrogen (secondary N) is 1. The maximum Gasteiger partial charge on any atom is 0.254 e. The number of aromatic nitrogens is 1. The minimum atomic E-state index is -0.288. The lowest BCUT2D eigenvalue weighted by atomic mass is 9.97. The van der Waals surface area contributed by atoms with Crippen LogP contribution in [0.1, 0.15) is 23.7 Å². The van der Waals surface area contributed by atoms with E-state index in [0.29, 0.717) is 30.8 Å². The van der Waals surface area contributed by atoms with Gasteiger partial charge in [0.05, 0.1) is 5.71 Å². The van der Waals surface area contributed by atoms with Crippen LogP contribution in [0.4, 0.5) is 0 Å². The lowest BCUT2D eigenvalue weighted by molar-refractivity contribution is 0.0733. The van der Waals surface area contributed by atoms with Gasteiger partial charge in [-0.05, 0) is 6.07 Å². The van der Waals surface area contributed by atoms with Crippen LogP contribution < -0.4 is 5.56 Å². The number of rotatable bonds is 1. The first-order valence-corrected chi connectivity index (χ1v) is 5.80. The van der Waals surface area contributed by atoms with Crippen molar-refractivity contribution in [3.05, 3.63) is 34.2 Å². The Bertz CT molecular complexity index is 535. The Hall–Kier alpha value is -2.11. The zero-order chi connectivity index (χ0) is 13.1. The van der Waals surface area contributed by atoms with Crippen LogP contribution in [0.5, 0.6) is 0 Å². The van der Waals surface area contributed by atoms with E-state index in [1.54, 1.807) is 11.0 Å². The van der Waals surface area contributed by atoms with E-state index < -0.39 is 0 Å². The number of pyridine rings is 1. The monoisotopic (exact) mass is 249 g/mol. The number of amides is 1. The van der Waals surface area contributed by atoms with Crippen LogP contribution in [0.2, 0.25) is 0 Å². The zero-order valence-electron chi connectivity index (χ0n) is 10.1. The number of nitrogens with zero attached hydrogens (tertiary/aromatic N) is 2. The van der Waals surface area contributed by atoms with Gasteiger partial charge in [-0.3, -0.25) is 9.59 Å². The summed E-state index contributed by atoms with van der Waals surface area (Å²) in [6.45, 7) is 2.92. The largest absolute Gasteiger partial charge is 0.411 e. The molecule has 0 saturated carbocycles. The number of H-pyrrole nitrogens is 1. The van der Waals surface area contributed by atoms with Crippen molar-refractivity contribution in [3.8, 4) is 0 Å². The number of carbonyl (C=O) groups excluding carboxylic acids is 1. The molecule has 96 valence electrons.